The molecule has 0 bridgehead atoms. The van der Waals surface area contributed by atoms with Gasteiger partial charge in [-0.2, -0.15) is 0 Å². The Bertz CT molecular complexity index is 512. The molecule has 90 valence electrons. The van der Waals surface area contributed by atoms with E-state index in [1.165, 1.54) is 37.6 Å². The molecule has 3 heteroatoms. The molecule has 0 atom stereocenters. The van der Waals surface area contributed by atoms with Crippen LogP contribution in [0, 0.1) is 5.82 Å². The molecule has 0 radical (unpaired) electrons. The fourth-order valence-corrected chi connectivity index (χ4v) is 2.64. The van der Waals surface area contributed by atoms with Gasteiger partial charge in [0.15, 0.2) is 0 Å². The lowest BCUT2D eigenvalue weighted by atomic mass is 10.1. The zero-order valence-corrected chi connectivity index (χ0v) is 9.88. The lowest BCUT2D eigenvalue weighted by Crippen LogP contribution is -2.21. The first-order chi connectivity index (χ1) is 8.33. The summed E-state index contributed by atoms with van der Waals surface area (Å²) in [6.45, 7) is 3.52. The lowest BCUT2D eigenvalue weighted by molar-refractivity contribution is 0.344. The van der Waals surface area contributed by atoms with Crippen LogP contribution < -0.4 is 0 Å². The number of H-pyrrole nitrogens is 1. The van der Waals surface area contributed by atoms with E-state index in [0.29, 0.717) is 0 Å². The first-order valence-electron chi connectivity index (χ1n) is 6.31. The Balaban J connectivity index is 1.77. The van der Waals surface area contributed by atoms with Crippen molar-refractivity contribution in [3.05, 3.63) is 35.8 Å². The molecule has 2 heterocycles. The average molecular weight is 232 g/mol. The summed E-state index contributed by atoms with van der Waals surface area (Å²) in [5.41, 5.74) is 2.26. The number of benzene rings is 1. The van der Waals surface area contributed by atoms with Crippen molar-refractivity contribution in [2.75, 3.05) is 19.6 Å². The molecule has 0 aliphatic carbocycles. The minimum absolute atomic E-state index is 0.153. The first kappa shape index (κ1) is 10.8. The molecule has 2 aromatic rings. The molecule has 1 saturated heterocycles. The highest BCUT2D eigenvalue weighted by Gasteiger charge is 2.12. The molecule has 0 unspecified atom stereocenters. The molecule has 1 aromatic carbocycles. The summed E-state index contributed by atoms with van der Waals surface area (Å²) in [4.78, 5) is 5.69. The zero-order valence-electron chi connectivity index (χ0n) is 9.88. The Morgan fingerprint density at radius 2 is 2.06 bits per heavy atom. The number of halogens is 1. The van der Waals surface area contributed by atoms with Crippen molar-refractivity contribution in [1.29, 1.82) is 0 Å². The van der Waals surface area contributed by atoms with Gasteiger partial charge < -0.3 is 9.88 Å². The van der Waals surface area contributed by atoms with Gasteiger partial charge in [-0.05, 0) is 56.1 Å². The Kier molecular flexibility index (Phi) is 2.85. The van der Waals surface area contributed by atoms with Crippen LogP contribution in [0.5, 0.6) is 0 Å². The van der Waals surface area contributed by atoms with E-state index < -0.39 is 0 Å². The number of aromatic amines is 1. The lowest BCUT2D eigenvalue weighted by Gasteiger charge is -2.13. The van der Waals surface area contributed by atoms with Gasteiger partial charge in [-0.15, -0.1) is 0 Å². The van der Waals surface area contributed by atoms with Crippen molar-refractivity contribution in [3.8, 4) is 0 Å². The minimum Gasteiger partial charge on any atom is -0.361 e. The number of hydrogen-bond donors (Lipinski definition) is 1. The van der Waals surface area contributed by atoms with Gasteiger partial charge in [-0.3, -0.25) is 0 Å². The molecule has 17 heavy (non-hydrogen) atoms. The SMILES string of the molecule is Fc1ccc2[nH]cc(CCN3CCCC3)c2c1. The predicted molar refractivity (Wildman–Crippen MR) is 67.6 cm³/mol. The number of nitrogens with one attached hydrogen (secondary N) is 1. The van der Waals surface area contributed by atoms with Gasteiger partial charge >= 0.3 is 0 Å². The van der Waals surface area contributed by atoms with Crippen LogP contribution in [0.2, 0.25) is 0 Å². The first-order valence-corrected chi connectivity index (χ1v) is 6.31. The number of rotatable bonds is 3. The summed E-state index contributed by atoms with van der Waals surface area (Å²) < 4.78 is 13.2. The van der Waals surface area contributed by atoms with Gasteiger partial charge in [-0.1, -0.05) is 0 Å². The Morgan fingerprint density at radius 1 is 1.24 bits per heavy atom. The molecule has 1 aromatic heterocycles. The van der Waals surface area contributed by atoms with Crippen LogP contribution in [-0.4, -0.2) is 29.5 Å². The summed E-state index contributed by atoms with van der Waals surface area (Å²) >= 11 is 0. The maximum atomic E-state index is 13.2. The van der Waals surface area contributed by atoms with Crippen LogP contribution in [0.4, 0.5) is 4.39 Å². The van der Waals surface area contributed by atoms with Crippen LogP contribution in [0.3, 0.4) is 0 Å². The van der Waals surface area contributed by atoms with Crippen LogP contribution in [0.25, 0.3) is 10.9 Å². The Hall–Kier alpha value is -1.35. The highest BCUT2D eigenvalue weighted by molar-refractivity contribution is 5.83. The average Bonchev–Trinajstić information content (AvgIpc) is 2.94. The second kappa shape index (κ2) is 4.49. The number of nitrogens with zero attached hydrogens (tertiary/aromatic N) is 1. The fraction of sp³-hybridized carbons (Fsp3) is 0.429. The Morgan fingerprint density at radius 3 is 2.88 bits per heavy atom. The van der Waals surface area contributed by atoms with Gasteiger partial charge in [-0.25, -0.2) is 4.39 Å². The highest BCUT2D eigenvalue weighted by atomic mass is 19.1. The third kappa shape index (κ3) is 2.20. The third-order valence-corrected chi connectivity index (χ3v) is 3.63. The molecular weight excluding hydrogens is 215 g/mol. The topological polar surface area (TPSA) is 19.0 Å². The molecule has 2 nitrogen and oxygen atoms in total. The molecule has 3 rings (SSSR count). The quantitative estimate of drug-likeness (QED) is 0.862. The molecule has 1 N–H and O–H groups in total. The predicted octanol–water partition coefficient (Wildman–Crippen LogP) is 2.95. The smallest absolute Gasteiger partial charge is 0.123 e. The van der Waals surface area contributed by atoms with E-state index in [0.717, 1.165) is 23.9 Å². The monoisotopic (exact) mass is 232 g/mol. The summed E-state index contributed by atoms with van der Waals surface area (Å²) in [7, 11) is 0. The van der Waals surface area contributed by atoms with E-state index >= 15 is 0 Å². The molecule has 0 saturated carbocycles. The van der Waals surface area contributed by atoms with Crippen molar-refractivity contribution in [2.24, 2.45) is 0 Å². The molecule has 1 aliphatic rings. The van der Waals surface area contributed by atoms with Crippen molar-refractivity contribution in [3.63, 3.8) is 0 Å². The van der Waals surface area contributed by atoms with E-state index in [-0.39, 0.29) is 5.82 Å². The third-order valence-electron chi connectivity index (χ3n) is 3.63. The Labute approximate surface area is 100 Å². The van der Waals surface area contributed by atoms with Crippen LogP contribution in [-0.2, 0) is 6.42 Å². The minimum atomic E-state index is -0.153. The molecule has 0 amide bonds. The van der Waals surface area contributed by atoms with E-state index in [1.54, 1.807) is 6.07 Å². The van der Waals surface area contributed by atoms with Crippen molar-refractivity contribution < 1.29 is 4.39 Å². The van der Waals surface area contributed by atoms with Crippen molar-refractivity contribution in [1.82, 2.24) is 9.88 Å². The van der Waals surface area contributed by atoms with Gasteiger partial charge in [0.2, 0.25) is 0 Å². The van der Waals surface area contributed by atoms with E-state index in [9.17, 15) is 4.39 Å². The second-order valence-corrected chi connectivity index (χ2v) is 4.80. The molecule has 1 aliphatic heterocycles. The maximum Gasteiger partial charge on any atom is 0.123 e. The maximum absolute atomic E-state index is 13.2. The largest absolute Gasteiger partial charge is 0.361 e. The van der Waals surface area contributed by atoms with E-state index in [1.807, 2.05) is 12.3 Å². The van der Waals surface area contributed by atoms with E-state index in [2.05, 4.69) is 9.88 Å². The normalized spacial score (nSPS) is 17.0. The molecule has 0 spiro atoms. The fourth-order valence-electron chi connectivity index (χ4n) is 2.64. The molecule has 1 fully saturated rings. The zero-order chi connectivity index (χ0) is 11.7. The van der Waals surface area contributed by atoms with Crippen molar-refractivity contribution >= 4 is 10.9 Å². The van der Waals surface area contributed by atoms with Crippen LogP contribution in [0.15, 0.2) is 24.4 Å². The number of hydrogen-bond acceptors (Lipinski definition) is 1. The highest BCUT2D eigenvalue weighted by Crippen LogP contribution is 2.20. The van der Waals surface area contributed by atoms with Gasteiger partial charge in [0.25, 0.3) is 0 Å². The number of likely N-dealkylation sites (tertiary alicyclic amines) is 1. The summed E-state index contributed by atoms with van der Waals surface area (Å²) in [5.74, 6) is -0.153. The van der Waals surface area contributed by atoms with Crippen LogP contribution >= 0.6 is 0 Å². The summed E-state index contributed by atoms with van der Waals surface area (Å²) in [6, 6.07) is 4.94. The van der Waals surface area contributed by atoms with Gasteiger partial charge in [0, 0.05) is 23.6 Å². The summed E-state index contributed by atoms with van der Waals surface area (Å²) in [5, 5.41) is 1.03. The second-order valence-electron chi connectivity index (χ2n) is 4.80. The van der Waals surface area contributed by atoms with Crippen molar-refractivity contribution in [2.45, 2.75) is 19.3 Å². The van der Waals surface area contributed by atoms with E-state index in [4.69, 9.17) is 0 Å². The molecular formula is C14H17FN2. The standard InChI is InChI=1S/C14H17FN2/c15-12-3-4-14-13(9-12)11(10-16-14)5-8-17-6-1-2-7-17/h3-4,9-10,16H,1-2,5-8H2. The number of fused-ring (bicyclic) bond motifs is 1. The van der Waals surface area contributed by atoms with Crippen LogP contribution in [0.1, 0.15) is 18.4 Å². The van der Waals surface area contributed by atoms with Gasteiger partial charge in [0.05, 0.1) is 0 Å². The summed E-state index contributed by atoms with van der Waals surface area (Å²) in [6.07, 6.45) is 5.66. The van der Waals surface area contributed by atoms with Gasteiger partial charge in [0.1, 0.15) is 5.82 Å². The number of aromatic nitrogens is 1.